The quantitative estimate of drug-likeness (QED) is 0.294. The minimum absolute atomic E-state index is 0.0634. The van der Waals surface area contributed by atoms with E-state index in [9.17, 15) is 31.2 Å². The van der Waals surface area contributed by atoms with Gasteiger partial charge in [-0.1, -0.05) is 36.4 Å². The Balaban J connectivity index is 1.79. The van der Waals surface area contributed by atoms with E-state index in [4.69, 9.17) is 16.9 Å². The van der Waals surface area contributed by atoms with E-state index in [0.717, 1.165) is 22.5 Å². The fourth-order valence-electron chi connectivity index (χ4n) is 5.64. The van der Waals surface area contributed by atoms with Crippen LogP contribution in [0.15, 0.2) is 59.5 Å². The van der Waals surface area contributed by atoms with E-state index < -0.39 is 50.6 Å². The molecule has 2 aromatic rings. The highest BCUT2D eigenvalue weighted by Gasteiger charge is 2.44. The fraction of sp³-hybridized carbons (Fsp3) is 0.464. The third-order valence-electron chi connectivity index (χ3n) is 7.93. The predicted octanol–water partition coefficient (Wildman–Crippen LogP) is 2.39. The number of carbonyl (C=O) groups is 2. The molecule has 0 unspecified atom stereocenters. The minimum Gasteiger partial charge on any atom is -0.370 e. The second kappa shape index (κ2) is 12.7. The lowest BCUT2D eigenvalue weighted by atomic mass is 9.95. The van der Waals surface area contributed by atoms with Gasteiger partial charge in [-0.3, -0.25) is 15.0 Å². The molecule has 14 heteroatoms. The van der Waals surface area contributed by atoms with Crippen LogP contribution in [-0.2, 0) is 32.2 Å². The van der Waals surface area contributed by atoms with Crippen molar-refractivity contribution in [2.75, 3.05) is 26.2 Å². The van der Waals surface area contributed by atoms with Crippen LogP contribution in [0.25, 0.3) is 0 Å². The van der Waals surface area contributed by atoms with Crippen LogP contribution in [0.2, 0.25) is 0 Å². The Labute approximate surface area is 243 Å². The molecule has 2 aliphatic heterocycles. The number of primary amides is 1. The molecule has 10 nitrogen and oxygen atoms in total. The van der Waals surface area contributed by atoms with Gasteiger partial charge in [0.2, 0.25) is 21.8 Å². The molecule has 2 amide bonds. The number of piperidine rings is 1. The predicted molar refractivity (Wildman–Crippen MR) is 149 cm³/mol. The Bertz CT molecular complexity index is 1400. The first-order chi connectivity index (χ1) is 19.8. The molecule has 4 rings (SSSR count). The number of carbonyl (C=O) groups excluding carboxylic acids is 2. The van der Waals surface area contributed by atoms with Crippen molar-refractivity contribution in [3.63, 3.8) is 0 Å². The van der Waals surface area contributed by atoms with E-state index in [1.165, 1.54) is 4.90 Å². The average Bonchev–Trinajstić information content (AvgIpc) is 3.45. The number of benzene rings is 2. The number of hydrogen-bond acceptors (Lipinski definition) is 5. The molecule has 5 N–H and O–H groups in total. The highest BCUT2D eigenvalue weighted by atomic mass is 32.2. The van der Waals surface area contributed by atoms with Gasteiger partial charge in [0.15, 0.2) is 5.96 Å². The van der Waals surface area contributed by atoms with Gasteiger partial charge in [0, 0.05) is 26.2 Å². The van der Waals surface area contributed by atoms with Crippen LogP contribution < -0.4 is 11.5 Å². The lowest BCUT2D eigenvalue weighted by molar-refractivity contribution is -0.140. The van der Waals surface area contributed by atoms with Gasteiger partial charge in [-0.15, -0.1) is 0 Å². The monoisotopic (exact) mass is 608 g/mol. The average molecular weight is 609 g/mol. The van der Waals surface area contributed by atoms with Crippen molar-refractivity contribution in [1.82, 2.24) is 14.1 Å². The van der Waals surface area contributed by atoms with Crippen molar-refractivity contribution in [2.45, 2.75) is 55.3 Å². The lowest BCUT2D eigenvalue weighted by Gasteiger charge is -2.38. The molecule has 2 heterocycles. The first kappa shape index (κ1) is 31.3. The molecule has 0 bridgehead atoms. The van der Waals surface area contributed by atoms with Crippen molar-refractivity contribution >= 4 is 27.8 Å². The number of amides is 2. The zero-order valence-electron chi connectivity index (χ0n) is 23.0. The number of hydrogen-bond donors (Lipinski definition) is 3. The molecule has 2 aromatic carbocycles. The van der Waals surface area contributed by atoms with E-state index in [1.54, 1.807) is 35.2 Å². The number of nitrogens with two attached hydrogens (primary N) is 2. The largest absolute Gasteiger partial charge is 0.416 e. The lowest BCUT2D eigenvalue weighted by Crippen LogP contribution is -2.56. The van der Waals surface area contributed by atoms with E-state index in [0.29, 0.717) is 50.4 Å². The number of alkyl halides is 3. The van der Waals surface area contributed by atoms with E-state index in [-0.39, 0.29) is 31.4 Å². The maximum atomic E-state index is 14.3. The van der Waals surface area contributed by atoms with E-state index >= 15 is 0 Å². The molecule has 0 saturated carbocycles. The summed E-state index contributed by atoms with van der Waals surface area (Å²) in [6.07, 6.45) is -3.10. The van der Waals surface area contributed by atoms with Gasteiger partial charge in [-0.05, 0) is 61.8 Å². The molecule has 2 fully saturated rings. The van der Waals surface area contributed by atoms with Crippen molar-refractivity contribution in [3.8, 4) is 0 Å². The Morgan fingerprint density at radius 3 is 2.26 bits per heavy atom. The zero-order valence-corrected chi connectivity index (χ0v) is 23.8. The van der Waals surface area contributed by atoms with Crippen LogP contribution in [0, 0.1) is 11.3 Å². The molecule has 228 valence electrons. The van der Waals surface area contributed by atoms with Crippen molar-refractivity contribution in [3.05, 3.63) is 65.7 Å². The minimum atomic E-state index is -4.78. The molecular weight excluding hydrogens is 573 g/mol. The number of rotatable bonds is 9. The van der Waals surface area contributed by atoms with Gasteiger partial charge in [-0.2, -0.15) is 17.5 Å². The maximum Gasteiger partial charge on any atom is 0.416 e. The number of guanidine groups is 1. The first-order valence-electron chi connectivity index (χ1n) is 13.7. The summed E-state index contributed by atoms with van der Waals surface area (Å²) in [7, 11) is -4.66. The third kappa shape index (κ3) is 7.04. The smallest absolute Gasteiger partial charge is 0.370 e. The zero-order chi connectivity index (χ0) is 30.7. The Hall–Kier alpha value is -3.65. The summed E-state index contributed by atoms with van der Waals surface area (Å²) in [5, 5.41) is 7.69. The van der Waals surface area contributed by atoms with E-state index in [1.807, 2.05) is 0 Å². The molecule has 2 atom stereocenters. The van der Waals surface area contributed by atoms with Crippen molar-refractivity contribution in [1.29, 1.82) is 5.41 Å². The molecule has 0 aliphatic carbocycles. The Morgan fingerprint density at radius 2 is 1.67 bits per heavy atom. The topological polar surface area (TPSA) is 154 Å². The Kier molecular flexibility index (Phi) is 9.46. The SMILES string of the molecule is N=C(N)N1CCC(CN([C@H](Cc2ccccc2)C(=O)N2CCC[C@H]2C(N)=O)S(=O)(=O)c2cccc(C(F)(F)F)c2)CC1. The van der Waals surface area contributed by atoms with Crippen molar-refractivity contribution in [2.24, 2.45) is 17.4 Å². The molecule has 0 radical (unpaired) electrons. The van der Waals surface area contributed by atoms with Gasteiger partial charge in [0.1, 0.15) is 12.1 Å². The summed E-state index contributed by atoms with van der Waals surface area (Å²) in [5.74, 6) is -1.71. The van der Waals surface area contributed by atoms with Crippen LogP contribution >= 0.6 is 0 Å². The molecule has 0 spiro atoms. The second-order valence-electron chi connectivity index (χ2n) is 10.7. The highest BCUT2D eigenvalue weighted by Crippen LogP contribution is 2.33. The number of halogens is 3. The summed E-state index contributed by atoms with van der Waals surface area (Å²) < 4.78 is 70.3. The maximum absolute atomic E-state index is 14.3. The summed E-state index contributed by atoms with van der Waals surface area (Å²) in [6, 6.07) is 9.92. The van der Waals surface area contributed by atoms with Crippen LogP contribution in [0.1, 0.15) is 36.8 Å². The second-order valence-corrected chi connectivity index (χ2v) is 12.6. The molecule has 2 saturated heterocycles. The van der Waals surface area contributed by atoms with Crippen molar-refractivity contribution < 1.29 is 31.2 Å². The van der Waals surface area contributed by atoms with Crippen LogP contribution in [0.4, 0.5) is 13.2 Å². The fourth-order valence-corrected chi connectivity index (χ4v) is 7.34. The van der Waals surface area contributed by atoms with Crippen LogP contribution in [0.5, 0.6) is 0 Å². The summed E-state index contributed by atoms with van der Waals surface area (Å²) in [6.45, 7) is 0.837. The van der Waals surface area contributed by atoms with Crippen LogP contribution in [-0.4, -0.2) is 78.6 Å². The summed E-state index contributed by atoms with van der Waals surface area (Å²) in [5.41, 5.74) is 10.7. The summed E-state index contributed by atoms with van der Waals surface area (Å²) in [4.78, 5) is 28.7. The molecule has 42 heavy (non-hydrogen) atoms. The number of sulfonamides is 1. The number of nitrogens with zero attached hydrogens (tertiary/aromatic N) is 3. The molecular formula is C28H35F3N6O4S. The van der Waals surface area contributed by atoms with Crippen LogP contribution in [0.3, 0.4) is 0 Å². The van der Waals surface area contributed by atoms with Gasteiger partial charge in [0.05, 0.1) is 10.5 Å². The van der Waals surface area contributed by atoms with E-state index in [2.05, 4.69) is 0 Å². The first-order valence-corrected chi connectivity index (χ1v) is 15.1. The summed E-state index contributed by atoms with van der Waals surface area (Å²) >= 11 is 0. The standard InChI is InChI=1S/C28H35F3N6O4S/c29-28(30,31)21-8-4-9-22(17-21)42(40,41)37(18-20-11-14-35(15-12-20)27(33)34)24(16-19-6-2-1-3-7-19)26(39)36-13-5-10-23(36)25(32)38/h1-4,6-9,17,20,23-24H,5,10-16,18H2,(H2,32,38)(H3,33,34)/t23-,24+/m0/s1. The Morgan fingerprint density at radius 1 is 1.00 bits per heavy atom. The normalized spacial score (nSPS) is 19.2. The van der Waals surface area contributed by atoms with Gasteiger partial charge < -0.3 is 21.3 Å². The highest BCUT2D eigenvalue weighted by molar-refractivity contribution is 7.89. The van der Waals surface area contributed by atoms with Gasteiger partial charge in [0.25, 0.3) is 0 Å². The van der Waals surface area contributed by atoms with Gasteiger partial charge in [-0.25, -0.2) is 8.42 Å². The third-order valence-corrected chi connectivity index (χ3v) is 9.80. The molecule has 0 aromatic heterocycles. The van der Waals surface area contributed by atoms with Gasteiger partial charge >= 0.3 is 6.18 Å². The number of likely N-dealkylation sites (tertiary alicyclic amines) is 2. The number of nitrogens with one attached hydrogen (secondary N) is 1. The molecule has 2 aliphatic rings.